The highest BCUT2D eigenvalue weighted by Crippen LogP contribution is 2.28. The van der Waals surface area contributed by atoms with Crippen molar-refractivity contribution >= 4 is 17.5 Å². The summed E-state index contributed by atoms with van der Waals surface area (Å²) >= 11 is 0. The number of nitrogen functional groups attached to an aromatic ring is 1. The quantitative estimate of drug-likeness (QED) is 0.879. The van der Waals surface area contributed by atoms with Crippen LogP contribution >= 0.6 is 0 Å². The maximum absolute atomic E-state index is 5.66. The van der Waals surface area contributed by atoms with Crippen LogP contribution in [0.25, 0.3) is 0 Å². The topological polar surface area (TPSA) is 55.0 Å². The van der Waals surface area contributed by atoms with E-state index in [9.17, 15) is 0 Å². The number of hydrogen-bond acceptors (Lipinski definition) is 4. The molecule has 0 saturated heterocycles. The van der Waals surface area contributed by atoms with Crippen LogP contribution in [0.3, 0.4) is 0 Å². The Kier molecular flexibility index (Phi) is 3.19. The Balaban J connectivity index is 2.47. The zero-order chi connectivity index (χ0) is 13.3. The maximum Gasteiger partial charge on any atom is 0.221 e. The molecular weight excluding hydrogens is 224 g/mol. The zero-order valence-electron chi connectivity index (χ0n) is 11.2. The third kappa shape index (κ3) is 2.27. The number of benzene rings is 1. The summed E-state index contributed by atoms with van der Waals surface area (Å²) in [6, 6.07) is 6.35. The van der Waals surface area contributed by atoms with Gasteiger partial charge in [0.25, 0.3) is 0 Å². The van der Waals surface area contributed by atoms with Crippen molar-refractivity contribution in [1.29, 1.82) is 0 Å². The van der Waals surface area contributed by atoms with E-state index in [0.717, 1.165) is 17.1 Å². The standard InChI is InChI=1S/C14H18N4/c1-9-5-6-12(10(2)7-9)18(4)13-11(3)8-16-14(15)17-13/h5-8H,1-4H3,(H2,15,16,17). The smallest absolute Gasteiger partial charge is 0.221 e. The summed E-state index contributed by atoms with van der Waals surface area (Å²) in [4.78, 5) is 10.3. The van der Waals surface area contributed by atoms with Gasteiger partial charge in [0.15, 0.2) is 0 Å². The third-order valence-corrected chi connectivity index (χ3v) is 2.99. The first-order valence-electron chi connectivity index (χ1n) is 5.89. The summed E-state index contributed by atoms with van der Waals surface area (Å²) in [5.41, 5.74) is 10.3. The number of aryl methyl sites for hydroxylation is 3. The second-order valence-corrected chi connectivity index (χ2v) is 4.58. The molecule has 4 nitrogen and oxygen atoms in total. The highest BCUT2D eigenvalue weighted by atomic mass is 15.2. The summed E-state index contributed by atoms with van der Waals surface area (Å²) in [7, 11) is 1.99. The van der Waals surface area contributed by atoms with Gasteiger partial charge in [-0.05, 0) is 32.4 Å². The second-order valence-electron chi connectivity index (χ2n) is 4.58. The van der Waals surface area contributed by atoms with Gasteiger partial charge < -0.3 is 10.6 Å². The molecule has 0 bridgehead atoms. The number of hydrogen-bond donors (Lipinski definition) is 1. The van der Waals surface area contributed by atoms with Crippen molar-refractivity contribution in [3.8, 4) is 0 Å². The SMILES string of the molecule is Cc1ccc(N(C)c2nc(N)ncc2C)c(C)c1. The molecule has 0 fully saturated rings. The molecule has 0 saturated carbocycles. The lowest BCUT2D eigenvalue weighted by molar-refractivity contribution is 1.05. The van der Waals surface area contributed by atoms with Crippen LogP contribution in [0.2, 0.25) is 0 Å². The molecule has 0 radical (unpaired) electrons. The van der Waals surface area contributed by atoms with Gasteiger partial charge >= 0.3 is 0 Å². The first-order chi connectivity index (χ1) is 8.49. The highest BCUT2D eigenvalue weighted by molar-refractivity contribution is 5.65. The van der Waals surface area contributed by atoms with E-state index < -0.39 is 0 Å². The fourth-order valence-electron chi connectivity index (χ4n) is 2.08. The van der Waals surface area contributed by atoms with E-state index in [0.29, 0.717) is 5.95 Å². The summed E-state index contributed by atoms with van der Waals surface area (Å²) in [5, 5.41) is 0. The number of nitrogens with two attached hydrogens (primary N) is 1. The molecular formula is C14H18N4. The summed E-state index contributed by atoms with van der Waals surface area (Å²) < 4.78 is 0. The molecule has 0 aliphatic carbocycles. The molecule has 0 atom stereocenters. The van der Waals surface area contributed by atoms with E-state index in [2.05, 4.69) is 42.0 Å². The average Bonchev–Trinajstić information content (AvgIpc) is 2.31. The summed E-state index contributed by atoms with van der Waals surface area (Å²) in [5.74, 6) is 1.14. The average molecular weight is 242 g/mol. The minimum absolute atomic E-state index is 0.298. The first-order valence-corrected chi connectivity index (χ1v) is 5.89. The minimum atomic E-state index is 0.298. The first kappa shape index (κ1) is 12.4. The number of nitrogens with zero attached hydrogens (tertiary/aromatic N) is 3. The second kappa shape index (κ2) is 4.64. The number of aromatic nitrogens is 2. The van der Waals surface area contributed by atoms with Crippen molar-refractivity contribution in [3.63, 3.8) is 0 Å². The normalized spacial score (nSPS) is 10.4. The fourth-order valence-corrected chi connectivity index (χ4v) is 2.08. The summed E-state index contributed by atoms with van der Waals surface area (Å²) in [6.07, 6.45) is 1.75. The Labute approximate surface area is 107 Å². The van der Waals surface area contributed by atoms with Crippen LogP contribution in [0.5, 0.6) is 0 Å². The van der Waals surface area contributed by atoms with E-state index >= 15 is 0 Å². The molecule has 18 heavy (non-hydrogen) atoms. The lowest BCUT2D eigenvalue weighted by atomic mass is 10.1. The Bertz CT molecular complexity index is 578. The molecule has 2 aromatic rings. The molecule has 1 aromatic carbocycles. The number of anilines is 3. The van der Waals surface area contributed by atoms with E-state index in [1.807, 2.05) is 18.9 Å². The minimum Gasteiger partial charge on any atom is -0.368 e. The largest absolute Gasteiger partial charge is 0.368 e. The van der Waals surface area contributed by atoms with Gasteiger partial charge in [0, 0.05) is 24.5 Å². The Morgan fingerprint density at radius 2 is 1.83 bits per heavy atom. The number of rotatable bonds is 2. The molecule has 1 aromatic heterocycles. The third-order valence-electron chi connectivity index (χ3n) is 2.99. The van der Waals surface area contributed by atoms with Crippen LogP contribution in [-0.4, -0.2) is 17.0 Å². The van der Waals surface area contributed by atoms with Gasteiger partial charge in [-0.3, -0.25) is 0 Å². The monoisotopic (exact) mass is 242 g/mol. The molecule has 0 aliphatic rings. The lowest BCUT2D eigenvalue weighted by Crippen LogP contribution is -2.15. The molecule has 0 unspecified atom stereocenters. The van der Waals surface area contributed by atoms with Gasteiger partial charge in [0.2, 0.25) is 5.95 Å². The predicted octanol–water partition coefficient (Wildman–Crippen LogP) is 2.75. The highest BCUT2D eigenvalue weighted by Gasteiger charge is 2.11. The molecule has 0 aliphatic heterocycles. The Morgan fingerprint density at radius 3 is 2.50 bits per heavy atom. The Hall–Kier alpha value is -2.10. The molecule has 0 spiro atoms. The van der Waals surface area contributed by atoms with Crippen LogP contribution in [0.15, 0.2) is 24.4 Å². The van der Waals surface area contributed by atoms with E-state index in [1.54, 1.807) is 6.20 Å². The van der Waals surface area contributed by atoms with Gasteiger partial charge in [-0.25, -0.2) is 4.98 Å². The van der Waals surface area contributed by atoms with Crippen molar-refractivity contribution in [2.75, 3.05) is 17.7 Å². The van der Waals surface area contributed by atoms with Crippen molar-refractivity contribution < 1.29 is 0 Å². The molecule has 2 N–H and O–H groups in total. The molecule has 1 heterocycles. The van der Waals surface area contributed by atoms with Gasteiger partial charge in [-0.15, -0.1) is 0 Å². The van der Waals surface area contributed by atoms with E-state index in [1.165, 1.54) is 11.1 Å². The van der Waals surface area contributed by atoms with Crippen LogP contribution < -0.4 is 10.6 Å². The molecule has 94 valence electrons. The van der Waals surface area contributed by atoms with Crippen LogP contribution in [0, 0.1) is 20.8 Å². The predicted molar refractivity (Wildman–Crippen MR) is 75.2 cm³/mol. The fraction of sp³-hybridized carbons (Fsp3) is 0.286. The van der Waals surface area contributed by atoms with Crippen LogP contribution in [0.4, 0.5) is 17.5 Å². The van der Waals surface area contributed by atoms with Crippen molar-refractivity contribution in [3.05, 3.63) is 41.1 Å². The molecule has 2 rings (SSSR count). The van der Waals surface area contributed by atoms with Gasteiger partial charge in [0.1, 0.15) is 5.82 Å². The van der Waals surface area contributed by atoms with Gasteiger partial charge in [-0.2, -0.15) is 4.98 Å². The molecule has 4 heteroatoms. The Morgan fingerprint density at radius 1 is 1.11 bits per heavy atom. The van der Waals surface area contributed by atoms with E-state index in [4.69, 9.17) is 5.73 Å². The lowest BCUT2D eigenvalue weighted by Gasteiger charge is -2.22. The van der Waals surface area contributed by atoms with E-state index in [-0.39, 0.29) is 0 Å². The zero-order valence-corrected chi connectivity index (χ0v) is 11.2. The maximum atomic E-state index is 5.66. The van der Waals surface area contributed by atoms with Crippen LogP contribution in [0.1, 0.15) is 16.7 Å². The van der Waals surface area contributed by atoms with Crippen molar-refractivity contribution in [1.82, 2.24) is 9.97 Å². The van der Waals surface area contributed by atoms with Crippen molar-refractivity contribution in [2.45, 2.75) is 20.8 Å². The van der Waals surface area contributed by atoms with Crippen molar-refractivity contribution in [2.24, 2.45) is 0 Å². The summed E-state index contributed by atoms with van der Waals surface area (Å²) in [6.45, 7) is 6.16. The van der Waals surface area contributed by atoms with Gasteiger partial charge in [-0.1, -0.05) is 17.7 Å². The van der Waals surface area contributed by atoms with Gasteiger partial charge in [0.05, 0.1) is 0 Å². The van der Waals surface area contributed by atoms with Crippen LogP contribution in [-0.2, 0) is 0 Å². The molecule has 0 amide bonds.